The number of amides is 1. The predicted molar refractivity (Wildman–Crippen MR) is 96.8 cm³/mol. The number of nitrogens with one attached hydrogen (secondary N) is 1. The van der Waals surface area contributed by atoms with Gasteiger partial charge in [-0.2, -0.15) is 18.3 Å². The third-order valence-corrected chi connectivity index (χ3v) is 4.86. The molecule has 0 fully saturated rings. The van der Waals surface area contributed by atoms with E-state index < -0.39 is 24.5 Å². The normalized spacial score (nSPS) is 17.5. The van der Waals surface area contributed by atoms with E-state index in [2.05, 4.69) is 43.3 Å². The Hall–Kier alpha value is -2.31. The average molecular weight is 379 g/mol. The molecule has 4 nitrogen and oxygen atoms in total. The standard InChI is InChI=1S/C20H24F3N3O/c1-19(2,3)13-7-9-14(10-8-13)26-17-6-4-5-16(15(17)12-24-26)25-18(27)11-20(21,22)23/h7-10,12,16H,4-6,11H2,1-3H3,(H,25,27). The minimum atomic E-state index is -4.50. The maximum atomic E-state index is 12.4. The lowest BCUT2D eigenvalue weighted by Gasteiger charge is -2.24. The van der Waals surface area contributed by atoms with Gasteiger partial charge in [0.1, 0.15) is 6.42 Å². The van der Waals surface area contributed by atoms with E-state index >= 15 is 0 Å². The highest BCUT2D eigenvalue weighted by Crippen LogP contribution is 2.32. The number of hydrogen-bond acceptors (Lipinski definition) is 2. The first-order valence-electron chi connectivity index (χ1n) is 9.08. The summed E-state index contributed by atoms with van der Waals surface area (Å²) < 4.78 is 39.1. The molecule has 3 rings (SSSR count). The lowest BCUT2D eigenvalue weighted by atomic mass is 9.87. The third-order valence-electron chi connectivity index (χ3n) is 4.86. The molecule has 1 aromatic heterocycles. The summed E-state index contributed by atoms with van der Waals surface area (Å²) in [6.07, 6.45) is -2.12. The number of halogens is 3. The summed E-state index contributed by atoms with van der Waals surface area (Å²) in [5.74, 6) is -0.998. The topological polar surface area (TPSA) is 46.9 Å². The van der Waals surface area contributed by atoms with Crippen LogP contribution in [0, 0.1) is 0 Å². The smallest absolute Gasteiger partial charge is 0.349 e. The monoisotopic (exact) mass is 379 g/mol. The van der Waals surface area contributed by atoms with Gasteiger partial charge in [0.15, 0.2) is 0 Å². The van der Waals surface area contributed by atoms with Gasteiger partial charge in [-0.15, -0.1) is 0 Å². The molecule has 1 unspecified atom stereocenters. The minimum absolute atomic E-state index is 0.0515. The Morgan fingerprint density at radius 2 is 1.89 bits per heavy atom. The Labute approximate surface area is 156 Å². The number of carbonyl (C=O) groups is 1. The lowest BCUT2D eigenvalue weighted by molar-refractivity contribution is -0.154. The van der Waals surface area contributed by atoms with Gasteiger partial charge in [-0.25, -0.2) is 4.68 Å². The fraction of sp³-hybridized carbons (Fsp3) is 0.500. The number of carbonyl (C=O) groups excluding carboxylic acids is 1. The van der Waals surface area contributed by atoms with E-state index in [1.165, 1.54) is 5.56 Å². The number of aromatic nitrogens is 2. The molecular weight excluding hydrogens is 355 g/mol. The van der Waals surface area contributed by atoms with Crippen molar-refractivity contribution in [2.24, 2.45) is 0 Å². The summed E-state index contributed by atoms with van der Waals surface area (Å²) in [4.78, 5) is 11.7. The van der Waals surface area contributed by atoms with Crippen molar-refractivity contribution in [3.63, 3.8) is 0 Å². The zero-order valence-electron chi connectivity index (χ0n) is 15.7. The second-order valence-corrected chi connectivity index (χ2v) is 8.06. The van der Waals surface area contributed by atoms with Crippen LogP contribution in [0.3, 0.4) is 0 Å². The Morgan fingerprint density at radius 1 is 1.22 bits per heavy atom. The van der Waals surface area contributed by atoms with Crippen LogP contribution in [-0.2, 0) is 16.6 Å². The molecule has 1 heterocycles. The molecule has 1 aliphatic carbocycles. The van der Waals surface area contributed by atoms with E-state index in [1.807, 2.05) is 16.8 Å². The number of benzene rings is 1. The van der Waals surface area contributed by atoms with Gasteiger partial charge in [-0.3, -0.25) is 4.79 Å². The molecule has 1 aliphatic rings. The van der Waals surface area contributed by atoms with Crippen molar-refractivity contribution in [2.45, 2.75) is 64.1 Å². The van der Waals surface area contributed by atoms with Gasteiger partial charge in [0.25, 0.3) is 0 Å². The Kier molecular flexibility index (Phi) is 5.06. The highest BCUT2D eigenvalue weighted by atomic mass is 19.4. The van der Waals surface area contributed by atoms with Crippen LogP contribution in [0.25, 0.3) is 5.69 Å². The maximum absolute atomic E-state index is 12.4. The Balaban J connectivity index is 1.82. The quantitative estimate of drug-likeness (QED) is 0.846. The van der Waals surface area contributed by atoms with Gasteiger partial charge in [0, 0.05) is 11.3 Å². The lowest BCUT2D eigenvalue weighted by Crippen LogP contribution is -2.33. The molecule has 2 aromatic rings. The number of rotatable bonds is 3. The summed E-state index contributed by atoms with van der Waals surface area (Å²) in [6, 6.07) is 7.70. The van der Waals surface area contributed by atoms with E-state index in [9.17, 15) is 18.0 Å². The SMILES string of the molecule is CC(C)(C)c1ccc(-n2ncc3c2CCCC3NC(=O)CC(F)(F)F)cc1. The largest absolute Gasteiger partial charge is 0.397 e. The zero-order chi connectivity index (χ0) is 19.8. The van der Waals surface area contributed by atoms with Crippen molar-refractivity contribution in [1.29, 1.82) is 0 Å². The van der Waals surface area contributed by atoms with Crippen LogP contribution in [0.2, 0.25) is 0 Å². The van der Waals surface area contributed by atoms with Gasteiger partial charge < -0.3 is 5.32 Å². The number of alkyl halides is 3. The van der Waals surface area contributed by atoms with Crippen LogP contribution in [-0.4, -0.2) is 21.9 Å². The first-order valence-corrected chi connectivity index (χ1v) is 9.08. The molecule has 1 atom stereocenters. The average Bonchev–Trinajstić information content (AvgIpc) is 2.97. The van der Waals surface area contributed by atoms with Crippen LogP contribution < -0.4 is 5.32 Å². The molecule has 0 saturated carbocycles. The highest BCUT2D eigenvalue weighted by molar-refractivity contribution is 5.77. The molecule has 0 saturated heterocycles. The van der Waals surface area contributed by atoms with Crippen LogP contribution in [0.5, 0.6) is 0 Å². The summed E-state index contributed by atoms with van der Waals surface area (Å²) >= 11 is 0. The summed E-state index contributed by atoms with van der Waals surface area (Å²) in [5, 5.41) is 6.95. The molecular formula is C20H24F3N3O. The van der Waals surface area contributed by atoms with Crippen LogP contribution >= 0.6 is 0 Å². The summed E-state index contributed by atoms with van der Waals surface area (Å²) in [6.45, 7) is 6.43. The molecule has 0 spiro atoms. The minimum Gasteiger partial charge on any atom is -0.349 e. The zero-order valence-corrected chi connectivity index (χ0v) is 15.7. The molecule has 1 N–H and O–H groups in total. The first kappa shape index (κ1) is 19.5. The van der Waals surface area contributed by atoms with Gasteiger partial charge in [0.05, 0.1) is 17.9 Å². The molecule has 1 amide bonds. The maximum Gasteiger partial charge on any atom is 0.397 e. The number of fused-ring (bicyclic) bond motifs is 1. The van der Waals surface area contributed by atoms with Crippen molar-refractivity contribution in [1.82, 2.24) is 15.1 Å². The first-order chi connectivity index (χ1) is 12.5. The number of hydrogen-bond donors (Lipinski definition) is 1. The third kappa shape index (κ3) is 4.51. The fourth-order valence-electron chi connectivity index (χ4n) is 3.46. The molecule has 1 aromatic carbocycles. The second kappa shape index (κ2) is 7.02. The van der Waals surface area contributed by atoms with Gasteiger partial charge in [-0.1, -0.05) is 32.9 Å². The van der Waals surface area contributed by atoms with Gasteiger partial charge >= 0.3 is 6.18 Å². The molecule has 27 heavy (non-hydrogen) atoms. The second-order valence-electron chi connectivity index (χ2n) is 8.06. The highest BCUT2D eigenvalue weighted by Gasteiger charge is 2.33. The van der Waals surface area contributed by atoms with E-state index in [-0.39, 0.29) is 5.41 Å². The molecule has 7 heteroatoms. The van der Waals surface area contributed by atoms with Crippen molar-refractivity contribution < 1.29 is 18.0 Å². The fourth-order valence-corrected chi connectivity index (χ4v) is 3.46. The Morgan fingerprint density at radius 3 is 2.48 bits per heavy atom. The van der Waals surface area contributed by atoms with Crippen LogP contribution in [0.15, 0.2) is 30.5 Å². The molecule has 0 bridgehead atoms. The van der Waals surface area contributed by atoms with Crippen molar-refractivity contribution in [2.75, 3.05) is 0 Å². The summed E-state index contributed by atoms with van der Waals surface area (Å²) in [7, 11) is 0. The summed E-state index contributed by atoms with van der Waals surface area (Å²) in [5.41, 5.74) is 3.92. The van der Waals surface area contributed by atoms with Crippen LogP contribution in [0.1, 0.15) is 62.9 Å². The van der Waals surface area contributed by atoms with Crippen molar-refractivity contribution >= 4 is 5.91 Å². The van der Waals surface area contributed by atoms with E-state index in [0.29, 0.717) is 6.42 Å². The Bertz CT molecular complexity index is 816. The van der Waals surface area contributed by atoms with Gasteiger partial charge in [0.2, 0.25) is 5.91 Å². The molecule has 0 aliphatic heterocycles. The van der Waals surface area contributed by atoms with E-state index in [4.69, 9.17) is 0 Å². The van der Waals surface area contributed by atoms with Crippen molar-refractivity contribution in [3.8, 4) is 5.69 Å². The molecule has 0 radical (unpaired) electrons. The van der Waals surface area contributed by atoms with Crippen LogP contribution in [0.4, 0.5) is 13.2 Å². The predicted octanol–water partition coefficient (Wildman–Crippen LogP) is 4.62. The number of nitrogens with zero attached hydrogens (tertiary/aromatic N) is 2. The van der Waals surface area contributed by atoms with Gasteiger partial charge in [-0.05, 0) is 42.4 Å². The van der Waals surface area contributed by atoms with E-state index in [1.54, 1.807) is 6.20 Å². The van der Waals surface area contributed by atoms with E-state index in [0.717, 1.165) is 29.8 Å². The van der Waals surface area contributed by atoms with Crippen molar-refractivity contribution in [3.05, 3.63) is 47.3 Å². The molecule has 146 valence electrons.